The summed E-state index contributed by atoms with van der Waals surface area (Å²) < 4.78 is 0. The van der Waals surface area contributed by atoms with Gasteiger partial charge in [0, 0.05) is 0 Å². The van der Waals surface area contributed by atoms with Crippen LogP contribution in [0.15, 0.2) is 43.0 Å². The zero-order chi connectivity index (χ0) is 9.40. The molecule has 0 bridgehead atoms. The van der Waals surface area contributed by atoms with Crippen molar-refractivity contribution in [3.8, 4) is 0 Å². The van der Waals surface area contributed by atoms with E-state index >= 15 is 0 Å². The van der Waals surface area contributed by atoms with Gasteiger partial charge >= 0.3 is 0 Å². The summed E-state index contributed by atoms with van der Waals surface area (Å²) in [7, 11) is 0. The fourth-order valence-corrected chi connectivity index (χ4v) is 0.838. The molecule has 0 aliphatic heterocycles. The van der Waals surface area contributed by atoms with Crippen LogP contribution in [0.3, 0.4) is 0 Å². The first-order chi connectivity index (χ1) is 5.72. The molecule has 1 aromatic rings. The van der Waals surface area contributed by atoms with Crippen molar-refractivity contribution in [2.75, 3.05) is 0 Å². The van der Waals surface area contributed by atoms with Crippen molar-refractivity contribution >= 4 is 0 Å². The van der Waals surface area contributed by atoms with Gasteiger partial charge in [-0.3, -0.25) is 0 Å². The Balaban J connectivity index is 0.000000354. The normalized spacial score (nSPS) is 8.67. The molecule has 0 atom stereocenters. The van der Waals surface area contributed by atoms with E-state index in [-0.39, 0.29) is 0 Å². The van der Waals surface area contributed by atoms with Gasteiger partial charge in [0.1, 0.15) is 0 Å². The zero-order valence-electron chi connectivity index (χ0n) is 8.25. The molecule has 0 amide bonds. The second kappa shape index (κ2) is 6.66. The third-order valence-electron chi connectivity index (χ3n) is 1.47. The fraction of sp³-hybridized carbons (Fsp3) is 0.333. The van der Waals surface area contributed by atoms with E-state index in [9.17, 15) is 0 Å². The SMILES string of the molecule is C=CC.CC(C)c1ccccc1. The minimum Gasteiger partial charge on any atom is -0.103 e. The third kappa shape index (κ3) is 4.73. The Morgan fingerprint density at radius 3 is 1.83 bits per heavy atom. The lowest BCUT2D eigenvalue weighted by Crippen LogP contribution is -1.83. The molecule has 1 rings (SSSR count). The first kappa shape index (κ1) is 11.0. The van der Waals surface area contributed by atoms with Crippen LogP contribution >= 0.6 is 0 Å². The monoisotopic (exact) mass is 162 g/mol. The second-order valence-corrected chi connectivity index (χ2v) is 2.97. The average Bonchev–Trinajstić information content (AvgIpc) is 2.07. The highest BCUT2D eigenvalue weighted by Gasteiger charge is 1.93. The molecule has 12 heavy (non-hydrogen) atoms. The number of benzene rings is 1. The van der Waals surface area contributed by atoms with Gasteiger partial charge in [-0.25, -0.2) is 0 Å². The van der Waals surface area contributed by atoms with Crippen LogP contribution in [0, 0.1) is 0 Å². The van der Waals surface area contributed by atoms with Gasteiger partial charge in [0.2, 0.25) is 0 Å². The predicted octanol–water partition coefficient (Wildman–Crippen LogP) is 4.00. The van der Waals surface area contributed by atoms with E-state index in [4.69, 9.17) is 0 Å². The summed E-state index contributed by atoms with van der Waals surface area (Å²) in [6, 6.07) is 10.5. The molecular weight excluding hydrogens is 144 g/mol. The Morgan fingerprint density at radius 1 is 1.17 bits per heavy atom. The minimum absolute atomic E-state index is 0.659. The molecular formula is C12H18. The molecule has 0 saturated carbocycles. The van der Waals surface area contributed by atoms with E-state index in [1.165, 1.54) is 5.56 Å². The lowest BCUT2D eigenvalue weighted by molar-refractivity contribution is 0.867. The molecule has 0 saturated heterocycles. The van der Waals surface area contributed by atoms with Crippen molar-refractivity contribution in [3.05, 3.63) is 48.6 Å². The van der Waals surface area contributed by atoms with E-state index in [0.717, 1.165) is 0 Å². The summed E-state index contributed by atoms with van der Waals surface area (Å²) in [5, 5.41) is 0. The Bertz CT molecular complexity index is 197. The molecule has 0 nitrogen and oxygen atoms in total. The Morgan fingerprint density at radius 2 is 1.58 bits per heavy atom. The third-order valence-corrected chi connectivity index (χ3v) is 1.47. The van der Waals surface area contributed by atoms with Crippen LogP contribution in [0.2, 0.25) is 0 Å². The van der Waals surface area contributed by atoms with Crippen LogP contribution in [0.25, 0.3) is 0 Å². The molecule has 0 unspecified atom stereocenters. The standard InChI is InChI=1S/C9H12.C3H6/c1-8(2)9-6-4-3-5-7-9;1-3-2/h3-8H,1-2H3;3H,1H2,2H3. The Kier molecular flexibility index (Phi) is 6.08. The van der Waals surface area contributed by atoms with Crippen LogP contribution in [0.4, 0.5) is 0 Å². The quantitative estimate of drug-likeness (QED) is 0.547. The van der Waals surface area contributed by atoms with Gasteiger partial charge in [-0.1, -0.05) is 50.3 Å². The van der Waals surface area contributed by atoms with E-state index in [1.807, 2.05) is 13.0 Å². The molecule has 0 heteroatoms. The molecule has 0 aliphatic rings. The molecule has 66 valence electrons. The number of hydrogen-bond donors (Lipinski definition) is 0. The lowest BCUT2D eigenvalue weighted by Gasteiger charge is -2.01. The first-order valence-electron chi connectivity index (χ1n) is 4.34. The number of allylic oxidation sites excluding steroid dienone is 1. The van der Waals surface area contributed by atoms with Gasteiger partial charge in [0.25, 0.3) is 0 Å². The van der Waals surface area contributed by atoms with E-state index < -0.39 is 0 Å². The van der Waals surface area contributed by atoms with Crippen molar-refractivity contribution < 1.29 is 0 Å². The molecule has 0 aliphatic carbocycles. The maximum Gasteiger partial charge on any atom is -0.0219 e. The largest absolute Gasteiger partial charge is 0.103 e. The van der Waals surface area contributed by atoms with Crippen LogP contribution in [-0.4, -0.2) is 0 Å². The van der Waals surface area contributed by atoms with Crippen molar-refractivity contribution in [1.82, 2.24) is 0 Å². The van der Waals surface area contributed by atoms with Crippen LogP contribution in [0.1, 0.15) is 32.3 Å². The lowest BCUT2D eigenvalue weighted by atomic mass is 10.0. The van der Waals surface area contributed by atoms with Crippen molar-refractivity contribution in [2.24, 2.45) is 0 Å². The van der Waals surface area contributed by atoms with E-state index in [2.05, 4.69) is 44.7 Å². The fourth-order valence-electron chi connectivity index (χ4n) is 0.838. The number of hydrogen-bond acceptors (Lipinski definition) is 0. The average molecular weight is 162 g/mol. The first-order valence-corrected chi connectivity index (χ1v) is 4.34. The topological polar surface area (TPSA) is 0 Å². The Labute approximate surface area is 75.9 Å². The minimum atomic E-state index is 0.659. The summed E-state index contributed by atoms with van der Waals surface area (Å²) in [6.45, 7) is 9.66. The molecule has 0 aromatic heterocycles. The van der Waals surface area contributed by atoms with Gasteiger partial charge in [0.05, 0.1) is 0 Å². The van der Waals surface area contributed by atoms with Crippen LogP contribution < -0.4 is 0 Å². The zero-order valence-corrected chi connectivity index (χ0v) is 8.25. The van der Waals surface area contributed by atoms with Gasteiger partial charge in [-0.2, -0.15) is 0 Å². The predicted molar refractivity (Wildman–Crippen MR) is 56.4 cm³/mol. The van der Waals surface area contributed by atoms with Crippen molar-refractivity contribution in [3.63, 3.8) is 0 Å². The van der Waals surface area contributed by atoms with Gasteiger partial charge in [-0.15, -0.1) is 6.58 Å². The number of rotatable bonds is 1. The summed E-state index contributed by atoms with van der Waals surface area (Å²) in [4.78, 5) is 0. The molecule has 1 aromatic carbocycles. The second-order valence-electron chi connectivity index (χ2n) is 2.97. The highest BCUT2D eigenvalue weighted by atomic mass is 14.0. The van der Waals surface area contributed by atoms with Gasteiger partial charge in [-0.05, 0) is 18.4 Å². The summed E-state index contributed by atoms with van der Waals surface area (Å²) in [6.07, 6.45) is 1.75. The molecule has 0 N–H and O–H groups in total. The molecule has 0 heterocycles. The molecule has 0 fully saturated rings. The highest BCUT2D eigenvalue weighted by Crippen LogP contribution is 2.11. The summed E-state index contributed by atoms with van der Waals surface area (Å²) >= 11 is 0. The van der Waals surface area contributed by atoms with Crippen molar-refractivity contribution in [1.29, 1.82) is 0 Å². The maximum absolute atomic E-state index is 3.36. The maximum atomic E-state index is 3.36. The van der Waals surface area contributed by atoms with Gasteiger partial charge in [0.15, 0.2) is 0 Å². The van der Waals surface area contributed by atoms with Crippen molar-refractivity contribution in [2.45, 2.75) is 26.7 Å². The molecule has 0 spiro atoms. The van der Waals surface area contributed by atoms with E-state index in [0.29, 0.717) is 5.92 Å². The molecule has 0 radical (unpaired) electrons. The summed E-state index contributed by atoms with van der Waals surface area (Å²) in [5.41, 5.74) is 1.41. The van der Waals surface area contributed by atoms with E-state index in [1.54, 1.807) is 6.08 Å². The van der Waals surface area contributed by atoms with Gasteiger partial charge < -0.3 is 0 Å². The highest BCUT2D eigenvalue weighted by molar-refractivity contribution is 5.17. The smallest absolute Gasteiger partial charge is 0.0219 e. The van der Waals surface area contributed by atoms with Crippen LogP contribution in [-0.2, 0) is 0 Å². The summed E-state index contributed by atoms with van der Waals surface area (Å²) in [5.74, 6) is 0.659. The Hall–Kier alpha value is -1.04. The van der Waals surface area contributed by atoms with Crippen LogP contribution in [0.5, 0.6) is 0 Å².